The highest BCUT2D eigenvalue weighted by molar-refractivity contribution is 8.05. The van der Waals surface area contributed by atoms with Crippen LogP contribution in [0.1, 0.15) is 13.3 Å². The maximum Gasteiger partial charge on any atom is 0.245 e. The van der Waals surface area contributed by atoms with Crippen molar-refractivity contribution in [2.75, 3.05) is 12.1 Å². The molecule has 7 heteroatoms. The molecule has 94 valence electrons. The molecule has 0 radical (unpaired) electrons. The second-order valence-corrected chi connectivity index (χ2v) is 5.75. The van der Waals surface area contributed by atoms with Crippen molar-refractivity contribution in [1.29, 1.82) is 5.26 Å². The zero-order chi connectivity index (χ0) is 13.3. The number of pyridine rings is 1. The van der Waals surface area contributed by atoms with Crippen LogP contribution >= 0.6 is 23.4 Å². The van der Waals surface area contributed by atoms with Crippen LogP contribution in [0.3, 0.4) is 0 Å². The Morgan fingerprint density at radius 1 is 1.61 bits per heavy atom. The molecular weight excluding hydrogens is 272 g/mol. The fraction of sp³-hybridized carbons (Fsp3) is 0.364. The van der Waals surface area contributed by atoms with Gasteiger partial charge in [0.1, 0.15) is 15.4 Å². The van der Waals surface area contributed by atoms with Crippen molar-refractivity contribution in [2.24, 2.45) is 0 Å². The van der Waals surface area contributed by atoms with Gasteiger partial charge >= 0.3 is 0 Å². The third kappa shape index (κ3) is 2.17. The predicted molar refractivity (Wildman–Crippen MR) is 70.7 cm³/mol. The van der Waals surface area contributed by atoms with Crippen molar-refractivity contribution >= 4 is 35.1 Å². The number of hydrogen-bond acceptors (Lipinski definition) is 5. The number of hydrogen-bond donors (Lipinski definition) is 0. The van der Waals surface area contributed by atoms with Gasteiger partial charge in [0.2, 0.25) is 5.91 Å². The Labute approximate surface area is 114 Å². The van der Waals surface area contributed by atoms with Gasteiger partial charge < -0.3 is 0 Å². The van der Waals surface area contributed by atoms with Crippen LogP contribution in [-0.2, 0) is 4.79 Å². The van der Waals surface area contributed by atoms with Crippen molar-refractivity contribution in [3.8, 4) is 5.40 Å². The van der Waals surface area contributed by atoms with E-state index in [1.54, 1.807) is 30.3 Å². The number of nitrogens with zero attached hydrogens (tertiary/aromatic N) is 4. The molecule has 0 aliphatic carbocycles. The fourth-order valence-corrected chi connectivity index (χ4v) is 2.61. The van der Waals surface area contributed by atoms with E-state index < -0.39 is 4.87 Å². The summed E-state index contributed by atoms with van der Waals surface area (Å²) in [7, 11) is 1.76. The van der Waals surface area contributed by atoms with E-state index in [1.807, 2.05) is 12.3 Å². The Balaban J connectivity index is 2.36. The lowest BCUT2D eigenvalue weighted by Gasteiger charge is -2.32. The Morgan fingerprint density at radius 3 is 2.94 bits per heavy atom. The molecule has 1 amide bonds. The Kier molecular flexibility index (Phi) is 3.48. The van der Waals surface area contributed by atoms with E-state index in [0.29, 0.717) is 11.0 Å². The number of carbonyl (C=O) groups is 1. The van der Waals surface area contributed by atoms with Crippen LogP contribution in [0.25, 0.3) is 0 Å². The second kappa shape index (κ2) is 4.76. The van der Waals surface area contributed by atoms with Crippen molar-refractivity contribution in [3.63, 3.8) is 0 Å². The van der Waals surface area contributed by atoms with Gasteiger partial charge in [-0.3, -0.25) is 4.79 Å². The fourth-order valence-electron chi connectivity index (χ4n) is 1.85. The lowest BCUT2D eigenvalue weighted by molar-refractivity contribution is -0.117. The van der Waals surface area contributed by atoms with Gasteiger partial charge in [-0.15, -0.1) is 0 Å². The molecule has 1 aromatic rings. The summed E-state index contributed by atoms with van der Waals surface area (Å²) in [5.74, 6) is 0.370. The number of anilines is 1. The molecule has 0 N–H and O–H groups in total. The van der Waals surface area contributed by atoms with Gasteiger partial charge in [-0.05, 0) is 30.8 Å². The van der Waals surface area contributed by atoms with E-state index in [0.717, 1.165) is 11.8 Å². The van der Waals surface area contributed by atoms with Gasteiger partial charge in [-0.25, -0.2) is 9.99 Å². The summed E-state index contributed by atoms with van der Waals surface area (Å²) < 4.78 is 0. The Morgan fingerprint density at radius 2 is 2.33 bits per heavy atom. The number of carbonyl (C=O) groups excluding carboxylic acids is 1. The monoisotopic (exact) mass is 282 g/mol. The molecule has 1 aromatic heterocycles. The minimum atomic E-state index is -0.574. The number of aromatic nitrogens is 1. The van der Waals surface area contributed by atoms with Crippen molar-refractivity contribution in [2.45, 2.75) is 18.2 Å². The highest BCUT2D eigenvalue weighted by atomic mass is 35.5. The molecule has 1 saturated heterocycles. The zero-order valence-electron chi connectivity index (χ0n) is 9.92. The van der Waals surface area contributed by atoms with E-state index in [1.165, 1.54) is 5.01 Å². The van der Waals surface area contributed by atoms with Crippen LogP contribution in [0.5, 0.6) is 0 Å². The summed E-state index contributed by atoms with van der Waals surface area (Å²) in [4.78, 5) is 15.6. The smallest absolute Gasteiger partial charge is 0.245 e. The summed E-state index contributed by atoms with van der Waals surface area (Å²) in [6.45, 7) is 1.85. The lowest BCUT2D eigenvalue weighted by atomic mass is 10.2. The number of nitriles is 1. The van der Waals surface area contributed by atoms with Gasteiger partial charge in [0.25, 0.3) is 0 Å². The minimum absolute atomic E-state index is 0.0995. The van der Waals surface area contributed by atoms with Crippen LogP contribution in [0.15, 0.2) is 18.2 Å². The first-order chi connectivity index (χ1) is 8.48. The second-order valence-electron chi connectivity index (χ2n) is 4.09. The van der Waals surface area contributed by atoms with Crippen molar-refractivity contribution in [1.82, 2.24) is 9.99 Å². The third-order valence-electron chi connectivity index (χ3n) is 2.88. The van der Waals surface area contributed by atoms with Gasteiger partial charge in [0.15, 0.2) is 5.82 Å². The highest BCUT2D eigenvalue weighted by Gasteiger charge is 2.46. The number of rotatable bonds is 2. The normalized spacial score (nSPS) is 24.3. The van der Waals surface area contributed by atoms with E-state index >= 15 is 0 Å². The maximum atomic E-state index is 12.1. The molecule has 2 heterocycles. The summed E-state index contributed by atoms with van der Waals surface area (Å²) >= 11 is 6.89. The lowest BCUT2D eigenvalue weighted by Crippen LogP contribution is -2.44. The van der Waals surface area contributed by atoms with Gasteiger partial charge in [0.05, 0.1) is 6.42 Å². The molecule has 18 heavy (non-hydrogen) atoms. The van der Waals surface area contributed by atoms with E-state index in [9.17, 15) is 4.79 Å². The number of thioether (sulfide) groups is 1. The van der Waals surface area contributed by atoms with Gasteiger partial charge in [0, 0.05) is 7.05 Å². The van der Waals surface area contributed by atoms with Crippen LogP contribution in [0.4, 0.5) is 5.82 Å². The average molecular weight is 283 g/mol. The molecule has 0 aromatic carbocycles. The average Bonchev–Trinajstić information content (AvgIpc) is 2.50. The van der Waals surface area contributed by atoms with Gasteiger partial charge in [-0.1, -0.05) is 17.7 Å². The molecular formula is C11H11ClN4OS. The molecule has 1 fully saturated rings. The van der Waals surface area contributed by atoms with E-state index in [2.05, 4.69) is 4.98 Å². The maximum absolute atomic E-state index is 12.1. The first-order valence-corrected chi connectivity index (χ1v) is 6.44. The third-order valence-corrected chi connectivity index (χ3v) is 4.03. The van der Waals surface area contributed by atoms with Crippen molar-refractivity contribution in [3.05, 3.63) is 23.4 Å². The summed E-state index contributed by atoms with van der Waals surface area (Å²) in [6.07, 6.45) is 0.260. The van der Waals surface area contributed by atoms with Crippen molar-refractivity contribution < 1.29 is 4.79 Å². The van der Waals surface area contributed by atoms with E-state index in [-0.39, 0.29) is 12.3 Å². The SMILES string of the molecule is CN1N(c2cccc(Cl)n2)C(=O)CC1(C)SC#N. The minimum Gasteiger partial charge on any atom is -0.273 e. The molecule has 1 aliphatic rings. The topological polar surface area (TPSA) is 60.2 Å². The number of hydrazine groups is 1. The highest BCUT2D eigenvalue weighted by Crippen LogP contribution is 2.39. The van der Waals surface area contributed by atoms with Crippen LogP contribution in [0, 0.1) is 10.7 Å². The summed E-state index contributed by atoms with van der Waals surface area (Å²) in [6, 6.07) is 5.09. The standard InChI is InChI=1S/C11H11ClN4OS/c1-11(18-7-13)6-10(17)16(15(11)2)9-5-3-4-8(12)14-9/h3-5H,6H2,1-2H3. The zero-order valence-corrected chi connectivity index (χ0v) is 11.5. The quantitative estimate of drug-likeness (QED) is 0.615. The molecule has 1 atom stereocenters. The van der Waals surface area contributed by atoms with Crippen LogP contribution < -0.4 is 5.01 Å². The summed E-state index contributed by atoms with van der Waals surface area (Å²) in [5.41, 5.74) is 0. The molecule has 0 saturated carbocycles. The van der Waals surface area contributed by atoms with Crippen LogP contribution in [-0.4, -0.2) is 27.8 Å². The number of halogens is 1. The number of amides is 1. The molecule has 1 unspecified atom stereocenters. The predicted octanol–water partition coefficient (Wildman–Crippen LogP) is 2.25. The van der Waals surface area contributed by atoms with E-state index in [4.69, 9.17) is 16.9 Å². The first-order valence-electron chi connectivity index (χ1n) is 5.24. The molecule has 0 bridgehead atoms. The molecule has 0 spiro atoms. The molecule has 2 rings (SSSR count). The van der Waals surface area contributed by atoms with Gasteiger partial charge in [-0.2, -0.15) is 10.3 Å². The summed E-state index contributed by atoms with van der Waals surface area (Å²) in [5, 5.41) is 14.4. The van der Waals surface area contributed by atoms with Crippen LogP contribution in [0.2, 0.25) is 5.15 Å². The largest absolute Gasteiger partial charge is 0.273 e. The first kappa shape index (κ1) is 13.1. The Bertz CT molecular complexity index is 532. The number of thiocyanates is 1. The Hall–Kier alpha value is -1.29. The molecule has 1 aliphatic heterocycles. The molecule has 5 nitrogen and oxygen atoms in total.